The number of hydrogen-bond acceptors (Lipinski definition) is 4. The zero-order valence-corrected chi connectivity index (χ0v) is 9.16. The predicted octanol–water partition coefficient (Wildman–Crippen LogP) is 1.12. The summed E-state index contributed by atoms with van der Waals surface area (Å²) in [6.07, 6.45) is 0.918. The van der Waals surface area contributed by atoms with Crippen LogP contribution in [0.3, 0.4) is 0 Å². The van der Waals surface area contributed by atoms with Crippen LogP contribution < -0.4 is 0 Å². The second-order valence-corrected chi connectivity index (χ2v) is 3.46. The molecular formula is C10H20O4. The largest absolute Gasteiger partial charge is 0.463 e. The number of ether oxygens (including phenoxy) is 2. The average Bonchev–Trinajstić information content (AvgIpc) is 2.01. The summed E-state index contributed by atoms with van der Waals surface area (Å²) in [6, 6.07) is 0. The van der Waals surface area contributed by atoms with E-state index in [1.165, 1.54) is 6.92 Å². The Morgan fingerprint density at radius 1 is 1.29 bits per heavy atom. The van der Waals surface area contributed by atoms with E-state index in [1.807, 2.05) is 6.92 Å². The predicted molar refractivity (Wildman–Crippen MR) is 53.0 cm³/mol. The highest BCUT2D eigenvalue weighted by atomic mass is 16.5. The van der Waals surface area contributed by atoms with Crippen LogP contribution in [0.5, 0.6) is 0 Å². The first-order valence-electron chi connectivity index (χ1n) is 4.95. The van der Waals surface area contributed by atoms with Crippen molar-refractivity contribution in [2.24, 2.45) is 0 Å². The van der Waals surface area contributed by atoms with E-state index in [0.717, 1.165) is 0 Å². The third-order valence-electron chi connectivity index (χ3n) is 1.72. The van der Waals surface area contributed by atoms with Gasteiger partial charge in [-0.2, -0.15) is 0 Å². The summed E-state index contributed by atoms with van der Waals surface area (Å²) in [4.78, 5) is 10.5. The van der Waals surface area contributed by atoms with Crippen LogP contribution >= 0.6 is 0 Å². The third kappa shape index (κ3) is 9.48. The van der Waals surface area contributed by atoms with Gasteiger partial charge < -0.3 is 14.6 Å². The molecule has 0 rings (SSSR count). The van der Waals surface area contributed by atoms with Crippen molar-refractivity contribution in [2.45, 2.75) is 45.8 Å². The molecule has 0 fully saturated rings. The van der Waals surface area contributed by atoms with Crippen LogP contribution in [0.2, 0.25) is 0 Å². The molecular weight excluding hydrogens is 184 g/mol. The van der Waals surface area contributed by atoms with E-state index in [1.54, 1.807) is 6.92 Å². The second-order valence-electron chi connectivity index (χ2n) is 3.46. The molecule has 0 saturated heterocycles. The lowest BCUT2D eigenvalue weighted by molar-refractivity contribution is -0.146. The Morgan fingerprint density at radius 3 is 2.36 bits per heavy atom. The molecule has 0 aliphatic heterocycles. The Labute approximate surface area is 85.2 Å². The van der Waals surface area contributed by atoms with Crippen molar-refractivity contribution < 1.29 is 19.4 Å². The minimum Gasteiger partial charge on any atom is -0.463 e. The Balaban J connectivity index is 3.23. The maximum atomic E-state index is 10.5. The highest BCUT2D eigenvalue weighted by molar-refractivity contribution is 5.66. The fraction of sp³-hybridized carbons (Fsp3) is 0.900. The van der Waals surface area contributed by atoms with Gasteiger partial charge in [-0.15, -0.1) is 0 Å². The van der Waals surface area contributed by atoms with E-state index >= 15 is 0 Å². The molecule has 0 aromatic heterocycles. The Morgan fingerprint density at radius 2 is 1.86 bits per heavy atom. The quantitative estimate of drug-likeness (QED) is 0.498. The van der Waals surface area contributed by atoms with Gasteiger partial charge in [0.25, 0.3) is 0 Å². The van der Waals surface area contributed by atoms with E-state index in [-0.39, 0.29) is 18.2 Å². The molecule has 2 unspecified atom stereocenters. The number of carbonyl (C=O) groups excluding carboxylic acids is 1. The molecule has 0 aliphatic carbocycles. The van der Waals surface area contributed by atoms with Crippen LogP contribution in [0.1, 0.15) is 33.6 Å². The average molecular weight is 204 g/mol. The first-order chi connectivity index (χ1) is 6.52. The highest BCUT2D eigenvalue weighted by Gasteiger charge is 2.04. The monoisotopic (exact) mass is 204 g/mol. The van der Waals surface area contributed by atoms with Crippen LogP contribution in [0.25, 0.3) is 0 Å². The highest BCUT2D eigenvalue weighted by Crippen LogP contribution is 1.99. The minimum absolute atomic E-state index is 0.0981. The van der Waals surface area contributed by atoms with E-state index in [4.69, 9.17) is 14.6 Å². The molecule has 1 N–H and O–H groups in total. The zero-order valence-electron chi connectivity index (χ0n) is 9.16. The van der Waals surface area contributed by atoms with Crippen molar-refractivity contribution in [3.8, 4) is 0 Å². The summed E-state index contributed by atoms with van der Waals surface area (Å²) in [5, 5.41) is 8.93. The van der Waals surface area contributed by atoms with Gasteiger partial charge >= 0.3 is 5.97 Å². The molecule has 0 saturated carbocycles. The lowest BCUT2D eigenvalue weighted by Crippen LogP contribution is -2.15. The van der Waals surface area contributed by atoms with Crippen molar-refractivity contribution in [2.75, 3.05) is 13.2 Å². The van der Waals surface area contributed by atoms with E-state index in [0.29, 0.717) is 26.1 Å². The van der Waals surface area contributed by atoms with Crippen LogP contribution in [0.15, 0.2) is 0 Å². The maximum Gasteiger partial charge on any atom is 0.302 e. The van der Waals surface area contributed by atoms with Crippen LogP contribution in [-0.4, -0.2) is 36.5 Å². The smallest absolute Gasteiger partial charge is 0.302 e. The fourth-order valence-electron chi connectivity index (χ4n) is 0.947. The molecule has 2 atom stereocenters. The van der Waals surface area contributed by atoms with E-state index < -0.39 is 0 Å². The number of aliphatic hydroxyl groups is 1. The van der Waals surface area contributed by atoms with Crippen molar-refractivity contribution in [3.05, 3.63) is 0 Å². The van der Waals surface area contributed by atoms with Gasteiger partial charge in [-0.05, 0) is 20.3 Å². The number of carbonyl (C=O) groups is 1. The van der Waals surface area contributed by atoms with Crippen molar-refractivity contribution in [1.82, 2.24) is 0 Å². The summed E-state index contributed by atoms with van der Waals surface area (Å²) in [5.41, 5.74) is 0. The van der Waals surface area contributed by atoms with Gasteiger partial charge in [0.2, 0.25) is 0 Å². The summed E-state index contributed by atoms with van der Waals surface area (Å²) in [7, 11) is 0. The van der Waals surface area contributed by atoms with Gasteiger partial charge in [0, 0.05) is 20.0 Å². The van der Waals surface area contributed by atoms with Gasteiger partial charge in [-0.3, -0.25) is 4.79 Å². The van der Waals surface area contributed by atoms with Crippen LogP contribution in [0.4, 0.5) is 0 Å². The molecule has 0 amide bonds. The van der Waals surface area contributed by atoms with Crippen molar-refractivity contribution >= 4 is 5.97 Å². The molecule has 0 heterocycles. The second kappa shape index (κ2) is 7.76. The molecule has 0 bridgehead atoms. The Bertz CT molecular complexity index is 156. The summed E-state index contributed by atoms with van der Waals surface area (Å²) >= 11 is 0. The number of aliphatic hydroxyl groups excluding tert-OH is 1. The lowest BCUT2D eigenvalue weighted by atomic mass is 10.3. The lowest BCUT2D eigenvalue weighted by Gasteiger charge is -2.11. The third-order valence-corrected chi connectivity index (χ3v) is 1.72. The van der Waals surface area contributed by atoms with Gasteiger partial charge in [-0.1, -0.05) is 0 Å². The Hall–Kier alpha value is -0.610. The normalized spacial score (nSPS) is 14.9. The first-order valence-corrected chi connectivity index (χ1v) is 4.95. The molecule has 84 valence electrons. The van der Waals surface area contributed by atoms with Crippen LogP contribution in [-0.2, 0) is 14.3 Å². The standard InChI is InChI=1S/C10H20O4/c1-8(11)4-6-13-7-5-9(2)14-10(3)12/h8-9,11H,4-7H2,1-3H3. The number of hydrogen-bond donors (Lipinski definition) is 1. The molecule has 0 radical (unpaired) electrons. The van der Waals surface area contributed by atoms with E-state index in [9.17, 15) is 4.79 Å². The van der Waals surface area contributed by atoms with E-state index in [2.05, 4.69) is 0 Å². The minimum atomic E-state index is -0.319. The number of esters is 1. The molecule has 0 aliphatic rings. The molecule has 4 heteroatoms. The first kappa shape index (κ1) is 13.4. The summed E-state index contributed by atoms with van der Waals surface area (Å²) in [6.45, 7) is 6.06. The van der Waals surface area contributed by atoms with Gasteiger partial charge in [0.05, 0.1) is 12.7 Å². The fourth-order valence-corrected chi connectivity index (χ4v) is 0.947. The van der Waals surface area contributed by atoms with Crippen LogP contribution in [0, 0.1) is 0 Å². The molecule has 0 aromatic rings. The van der Waals surface area contributed by atoms with Gasteiger partial charge in [0.1, 0.15) is 6.10 Å². The molecule has 4 nitrogen and oxygen atoms in total. The molecule has 0 aromatic carbocycles. The number of rotatable bonds is 7. The van der Waals surface area contributed by atoms with Crippen molar-refractivity contribution in [1.29, 1.82) is 0 Å². The maximum absolute atomic E-state index is 10.5. The molecule has 14 heavy (non-hydrogen) atoms. The van der Waals surface area contributed by atoms with Gasteiger partial charge in [-0.25, -0.2) is 0 Å². The Kier molecular flexibility index (Phi) is 7.42. The molecule has 0 spiro atoms. The zero-order chi connectivity index (χ0) is 11.0. The topological polar surface area (TPSA) is 55.8 Å². The summed E-state index contributed by atoms with van der Waals surface area (Å²) in [5.74, 6) is -0.263. The SMILES string of the molecule is CC(=O)OC(C)CCOCCC(C)O. The van der Waals surface area contributed by atoms with Crippen molar-refractivity contribution in [3.63, 3.8) is 0 Å². The summed E-state index contributed by atoms with van der Waals surface area (Å²) < 4.78 is 10.2. The van der Waals surface area contributed by atoms with Gasteiger partial charge in [0.15, 0.2) is 0 Å².